The van der Waals surface area contributed by atoms with Gasteiger partial charge in [-0.05, 0) is 40.7 Å². The van der Waals surface area contributed by atoms with Crippen LogP contribution in [0.5, 0.6) is 0 Å². The van der Waals surface area contributed by atoms with Crippen LogP contribution >= 0.6 is 0 Å². The van der Waals surface area contributed by atoms with Gasteiger partial charge in [-0.3, -0.25) is 4.79 Å². The van der Waals surface area contributed by atoms with Crippen molar-refractivity contribution in [1.29, 1.82) is 0 Å². The lowest BCUT2D eigenvalue weighted by Gasteiger charge is -2.30. The Hall–Kier alpha value is -2.36. The molecule has 2 aromatic rings. The summed E-state index contributed by atoms with van der Waals surface area (Å²) in [5.74, 6) is -1.11. The number of aliphatic carboxylic acids is 1. The topological polar surface area (TPSA) is 69.2 Å². The predicted octanol–water partition coefficient (Wildman–Crippen LogP) is 2.55. The van der Waals surface area contributed by atoms with Crippen LogP contribution in [0.4, 0.5) is 5.69 Å². The van der Waals surface area contributed by atoms with Crippen molar-refractivity contribution in [3.8, 4) is 0 Å². The van der Waals surface area contributed by atoms with Crippen molar-refractivity contribution in [3.63, 3.8) is 0 Å². The van der Waals surface area contributed by atoms with E-state index in [1.807, 2.05) is 12.1 Å². The maximum absolute atomic E-state index is 12.7. The lowest BCUT2D eigenvalue weighted by molar-refractivity contribution is -0.307. The highest BCUT2D eigenvalue weighted by Gasteiger charge is 2.30. The minimum atomic E-state index is -1.11. The molecule has 0 amide bonds. The van der Waals surface area contributed by atoms with E-state index in [0.717, 1.165) is 5.69 Å². The Morgan fingerprint density at radius 1 is 1.17 bits per heavy atom. The first kappa shape index (κ1) is 16.5. The zero-order chi connectivity index (χ0) is 17.3. The molecule has 3 rings (SSSR count). The molecule has 0 bridgehead atoms. The van der Waals surface area contributed by atoms with Gasteiger partial charge in [0.2, 0.25) is 0 Å². The van der Waals surface area contributed by atoms with E-state index in [2.05, 4.69) is 29.6 Å². The zero-order valence-corrected chi connectivity index (χ0v) is 14.1. The van der Waals surface area contributed by atoms with Gasteiger partial charge in [-0.1, -0.05) is 44.2 Å². The number of anilines is 1. The Morgan fingerprint density at radius 2 is 1.92 bits per heavy atom. The predicted molar refractivity (Wildman–Crippen MR) is 92.7 cm³/mol. The second-order valence-electron chi connectivity index (χ2n) is 7.45. The van der Waals surface area contributed by atoms with Crippen molar-refractivity contribution < 1.29 is 14.7 Å². The molecule has 1 N–H and O–H groups in total. The van der Waals surface area contributed by atoms with E-state index in [1.54, 1.807) is 13.8 Å². The van der Waals surface area contributed by atoms with Crippen LogP contribution in [0, 0.1) is 11.3 Å². The SMILES string of the molecule is CC(C)(CC(=O)[O-])CC(=O)[C@@H]1CNc2ccc3ccccc3c2C1. The van der Waals surface area contributed by atoms with Crippen LogP contribution in [0.1, 0.15) is 32.3 Å². The fourth-order valence-corrected chi connectivity index (χ4v) is 3.57. The van der Waals surface area contributed by atoms with Crippen molar-refractivity contribution in [3.05, 3.63) is 42.0 Å². The molecule has 1 aliphatic rings. The van der Waals surface area contributed by atoms with Crippen LogP contribution in [0.2, 0.25) is 0 Å². The minimum absolute atomic E-state index is 0.0988. The van der Waals surface area contributed by atoms with Gasteiger partial charge in [0.25, 0.3) is 0 Å². The molecule has 24 heavy (non-hydrogen) atoms. The molecule has 0 saturated carbocycles. The monoisotopic (exact) mass is 324 g/mol. The van der Waals surface area contributed by atoms with E-state index < -0.39 is 11.4 Å². The maximum Gasteiger partial charge on any atom is 0.138 e. The number of carboxylic acid groups (broad SMARTS) is 1. The molecule has 0 fully saturated rings. The van der Waals surface area contributed by atoms with Gasteiger partial charge in [0.15, 0.2) is 0 Å². The molecular formula is C20H22NO3-. The molecule has 0 radical (unpaired) electrons. The summed E-state index contributed by atoms with van der Waals surface area (Å²) in [4.78, 5) is 23.5. The lowest BCUT2D eigenvalue weighted by atomic mass is 9.78. The summed E-state index contributed by atoms with van der Waals surface area (Å²) < 4.78 is 0. The van der Waals surface area contributed by atoms with Crippen molar-refractivity contribution in [2.24, 2.45) is 11.3 Å². The third-order valence-electron chi connectivity index (χ3n) is 4.76. The van der Waals surface area contributed by atoms with Gasteiger partial charge in [0, 0.05) is 30.5 Å². The van der Waals surface area contributed by atoms with Gasteiger partial charge in [0.05, 0.1) is 0 Å². The number of carboxylic acids is 1. The first-order valence-corrected chi connectivity index (χ1v) is 8.33. The first-order valence-electron chi connectivity index (χ1n) is 8.33. The van der Waals surface area contributed by atoms with Gasteiger partial charge in [-0.15, -0.1) is 0 Å². The largest absolute Gasteiger partial charge is 0.550 e. The summed E-state index contributed by atoms with van der Waals surface area (Å²) in [6.45, 7) is 4.21. The summed E-state index contributed by atoms with van der Waals surface area (Å²) >= 11 is 0. The summed E-state index contributed by atoms with van der Waals surface area (Å²) in [5.41, 5.74) is 1.69. The number of benzene rings is 2. The highest BCUT2D eigenvalue weighted by atomic mass is 16.4. The van der Waals surface area contributed by atoms with Crippen molar-refractivity contribution >= 4 is 28.2 Å². The van der Waals surface area contributed by atoms with Gasteiger partial charge < -0.3 is 15.2 Å². The van der Waals surface area contributed by atoms with Crippen LogP contribution in [-0.4, -0.2) is 18.3 Å². The average molecular weight is 324 g/mol. The number of fused-ring (bicyclic) bond motifs is 3. The highest BCUT2D eigenvalue weighted by molar-refractivity contribution is 5.92. The molecule has 4 nitrogen and oxygen atoms in total. The number of hydrogen-bond acceptors (Lipinski definition) is 4. The van der Waals surface area contributed by atoms with Crippen molar-refractivity contribution in [1.82, 2.24) is 0 Å². The highest BCUT2D eigenvalue weighted by Crippen LogP contribution is 2.34. The molecule has 1 heterocycles. The minimum Gasteiger partial charge on any atom is -0.550 e. The summed E-state index contributed by atoms with van der Waals surface area (Å²) in [7, 11) is 0. The third-order valence-corrected chi connectivity index (χ3v) is 4.76. The van der Waals surface area contributed by atoms with Gasteiger partial charge in [-0.25, -0.2) is 0 Å². The molecule has 0 unspecified atom stereocenters. The van der Waals surface area contributed by atoms with E-state index in [4.69, 9.17) is 0 Å². The molecule has 0 saturated heterocycles. The normalized spacial score (nSPS) is 17.2. The number of ketones is 1. The molecule has 1 atom stereocenters. The van der Waals surface area contributed by atoms with Crippen molar-refractivity contribution in [2.75, 3.05) is 11.9 Å². The number of carbonyl (C=O) groups is 2. The number of rotatable bonds is 5. The number of hydrogen-bond donors (Lipinski definition) is 1. The van der Waals surface area contributed by atoms with Crippen LogP contribution in [0.25, 0.3) is 10.8 Å². The van der Waals surface area contributed by atoms with Gasteiger partial charge in [-0.2, -0.15) is 0 Å². The second-order valence-corrected chi connectivity index (χ2v) is 7.45. The zero-order valence-electron chi connectivity index (χ0n) is 14.1. The molecule has 0 spiro atoms. The molecular weight excluding hydrogens is 302 g/mol. The van der Waals surface area contributed by atoms with E-state index in [-0.39, 0.29) is 24.5 Å². The first-order chi connectivity index (χ1) is 11.4. The van der Waals surface area contributed by atoms with E-state index in [1.165, 1.54) is 16.3 Å². The second kappa shape index (κ2) is 6.27. The number of nitrogens with one attached hydrogen (secondary N) is 1. The van der Waals surface area contributed by atoms with Gasteiger partial charge >= 0.3 is 0 Å². The van der Waals surface area contributed by atoms with Crippen LogP contribution in [0.3, 0.4) is 0 Å². The molecule has 0 aliphatic carbocycles. The average Bonchev–Trinajstić information content (AvgIpc) is 2.52. The molecule has 126 valence electrons. The van der Waals surface area contributed by atoms with E-state index in [0.29, 0.717) is 13.0 Å². The molecule has 0 aromatic heterocycles. The van der Waals surface area contributed by atoms with Crippen LogP contribution in [-0.2, 0) is 16.0 Å². The Morgan fingerprint density at radius 3 is 2.67 bits per heavy atom. The summed E-state index contributed by atoms with van der Waals surface area (Å²) in [6.07, 6.45) is 0.857. The molecule has 1 aliphatic heterocycles. The quantitative estimate of drug-likeness (QED) is 0.917. The fourth-order valence-electron chi connectivity index (χ4n) is 3.57. The van der Waals surface area contributed by atoms with Crippen molar-refractivity contribution in [2.45, 2.75) is 33.1 Å². The lowest BCUT2D eigenvalue weighted by Crippen LogP contribution is -2.35. The third kappa shape index (κ3) is 3.42. The smallest absolute Gasteiger partial charge is 0.138 e. The standard InChI is InChI=1S/C20H23NO3/c1-20(2,11-19(23)24)10-18(22)14-9-16-15-6-4-3-5-13(15)7-8-17(16)21-12-14/h3-8,14,21H,9-12H2,1-2H3,(H,23,24)/p-1/t14-/m0/s1. The molecule has 2 aromatic carbocycles. The summed E-state index contributed by atoms with van der Waals surface area (Å²) in [6, 6.07) is 12.3. The van der Waals surface area contributed by atoms with E-state index >= 15 is 0 Å². The molecule has 4 heteroatoms. The fraction of sp³-hybridized carbons (Fsp3) is 0.400. The van der Waals surface area contributed by atoms with Crippen LogP contribution in [0.15, 0.2) is 36.4 Å². The maximum atomic E-state index is 12.7. The number of carbonyl (C=O) groups excluding carboxylic acids is 2. The van der Waals surface area contributed by atoms with Crippen LogP contribution < -0.4 is 10.4 Å². The van der Waals surface area contributed by atoms with E-state index in [9.17, 15) is 14.7 Å². The summed E-state index contributed by atoms with van der Waals surface area (Å²) in [5, 5.41) is 16.6. The number of Topliss-reactive ketones (excluding diaryl/α,β-unsaturated/α-hetero) is 1. The Kier molecular flexibility index (Phi) is 4.31. The Bertz CT molecular complexity index is 795. The van der Waals surface area contributed by atoms with Gasteiger partial charge in [0.1, 0.15) is 5.78 Å². The Balaban J connectivity index is 1.80. The Labute approximate surface area is 141 Å².